The predicted molar refractivity (Wildman–Crippen MR) is 84.3 cm³/mol. The van der Waals surface area contributed by atoms with Crippen LogP contribution in [0, 0.1) is 11.3 Å². The molecule has 0 unspecified atom stereocenters. The lowest BCUT2D eigenvalue weighted by Crippen LogP contribution is -2.09. The topological polar surface area (TPSA) is 23.8 Å². The van der Waals surface area contributed by atoms with Crippen LogP contribution >= 0.6 is 23.2 Å². The third-order valence-corrected chi connectivity index (χ3v) is 4.01. The normalized spacial score (nSPS) is 13.5. The Labute approximate surface area is 129 Å². The molecule has 0 aromatic heterocycles. The molecule has 102 valence electrons. The first-order chi connectivity index (χ1) is 9.65. The van der Waals surface area contributed by atoms with E-state index in [1.54, 1.807) is 0 Å². The highest BCUT2D eigenvalue weighted by atomic mass is 35.5. The highest BCUT2D eigenvalue weighted by molar-refractivity contribution is 6.30. The smallest absolute Gasteiger partial charge is 0.0781 e. The fourth-order valence-electron chi connectivity index (χ4n) is 2.44. The summed E-state index contributed by atoms with van der Waals surface area (Å²) in [4.78, 5) is 0. The second kappa shape index (κ2) is 6.79. The Kier molecular flexibility index (Phi) is 5.06. The Morgan fingerprint density at radius 1 is 0.900 bits per heavy atom. The third kappa shape index (κ3) is 3.33. The van der Waals surface area contributed by atoms with E-state index in [0.29, 0.717) is 10.0 Å². The number of nitrogens with zero attached hydrogens (tertiary/aromatic N) is 1. The standard InChI is InChI=1S/C17H15Cl2N/c1-2-16(12-3-7-14(18)8-4-12)17(11-20)13-5-9-15(19)10-6-13/h3-10,16-17H,2H2,1H3/t16-,17+/m0/s1. The lowest BCUT2D eigenvalue weighted by atomic mass is 9.81. The van der Waals surface area contributed by atoms with Gasteiger partial charge in [-0.25, -0.2) is 0 Å². The molecular formula is C17H15Cl2N. The van der Waals surface area contributed by atoms with Gasteiger partial charge in [0.25, 0.3) is 0 Å². The quantitative estimate of drug-likeness (QED) is 0.701. The van der Waals surface area contributed by atoms with Crippen LogP contribution in [0.2, 0.25) is 10.0 Å². The summed E-state index contributed by atoms with van der Waals surface area (Å²) in [6.07, 6.45) is 0.891. The Hall–Kier alpha value is -1.49. The van der Waals surface area contributed by atoms with Crippen molar-refractivity contribution >= 4 is 23.2 Å². The SMILES string of the molecule is CC[C@@H](c1ccc(Cl)cc1)[C@H](C#N)c1ccc(Cl)cc1. The van der Waals surface area contributed by atoms with Crippen LogP contribution < -0.4 is 0 Å². The molecule has 1 nitrogen and oxygen atoms in total. The van der Waals surface area contributed by atoms with Crippen molar-refractivity contribution in [2.45, 2.75) is 25.2 Å². The van der Waals surface area contributed by atoms with E-state index in [9.17, 15) is 5.26 Å². The van der Waals surface area contributed by atoms with Crippen LogP contribution in [0.5, 0.6) is 0 Å². The largest absolute Gasteiger partial charge is 0.198 e. The summed E-state index contributed by atoms with van der Waals surface area (Å²) in [6.45, 7) is 2.10. The second-order valence-electron chi connectivity index (χ2n) is 4.72. The molecule has 0 aliphatic rings. The fourth-order valence-corrected chi connectivity index (χ4v) is 2.69. The zero-order valence-electron chi connectivity index (χ0n) is 11.2. The molecule has 0 radical (unpaired) electrons. The van der Waals surface area contributed by atoms with E-state index in [1.807, 2.05) is 48.5 Å². The molecule has 0 saturated carbocycles. The van der Waals surface area contributed by atoms with Crippen molar-refractivity contribution in [2.24, 2.45) is 0 Å². The fraction of sp³-hybridized carbons (Fsp3) is 0.235. The molecule has 0 N–H and O–H groups in total. The lowest BCUT2D eigenvalue weighted by molar-refractivity contribution is 0.607. The van der Waals surface area contributed by atoms with Gasteiger partial charge in [0, 0.05) is 16.0 Å². The lowest BCUT2D eigenvalue weighted by Gasteiger charge is -2.21. The average Bonchev–Trinajstić information content (AvgIpc) is 2.47. The minimum Gasteiger partial charge on any atom is -0.198 e. The molecule has 0 spiro atoms. The second-order valence-corrected chi connectivity index (χ2v) is 5.60. The van der Waals surface area contributed by atoms with Crippen molar-refractivity contribution in [1.82, 2.24) is 0 Å². The van der Waals surface area contributed by atoms with E-state index in [-0.39, 0.29) is 11.8 Å². The molecule has 3 heteroatoms. The predicted octanol–water partition coefficient (Wildman–Crippen LogP) is 5.79. The maximum atomic E-state index is 9.56. The number of hydrogen-bond acceptors (Lipinski definition) is 1. The van der Waals surface area contributed by atoms with Crippen LogP contribution in [0.15, 0.2) is 48.5 Å². The highest BCUT2D eigenvalue weighted by Gasteiger charge is 2.23. The van der Waals surface area contributed by atoms with Gasteiger partial charge in [-0.3, -0.25) is 0 Å². The summed E-state index contributed by atoms with van der Waals surface area (Å²) >= 11 is 11.8. The van der Waals surface area contributed by atoms with Crippen LogP contribution in [-0.2, 0) is 0 Å². The van der Waals surface area contributed by atoms with Gasteiger partial charge in [-0.15, -0.1) is 0 Å². The van der Waals surface area contributed by atoms with Gasteiger partial charge in [-0.1, -0.05) is 54.4 Å². The molecule has 2 aromatic rings. The van der Waals surface area contributed by atoms with E-state index in [1.165, 1.54) is 0 Å². The van der Waals surface area contributed by atoms with E-state index in [4.69, 9.17) is 23.2 Å². The first-order valence-corrected chi connectivity index (χ1v) is 7.31. The first-order valence-electron chi connectivity index (χ1n) is 6.56. The van der Waals surface area contributed by atoms with Crippen molar-refractivity contribution in [1.29, 1.82) is 5.26 Å². The molecule has 0 fully saturated rings. The van der Waals surface area contributed by atoms with Crippen molar-refractivity contribution in [3.63, 3.8) is 0 Å². The summed E-state index contributed by atoms with van der Waals surface area (Å²) < 4.78 is 0. The number of halogens is 2. The Bertz CT molecular complexity index is 596. The number of benzene rings is 2. The third-order valence-electron chi connectivity index (χ3n) is 3.51. The molecule has 0 amide bonds. The molecule has 0 heterocycles. The molecule has 2 aromatic carbocycles. The first kappa shape index (κ1) is 14.9. The zero-order valence-corrected chi connectivity index (χ0v) is 12.7. The summed E-state index contributed by atoms with van der Waals surface area (Å²) in [6, 6.07) is 17.7. The maximum Gasteiger partial charge on any atom is 0.0781 e. The molecular weight excluding hydrogens is 289 g/mol. The van der Waals surface area contributed by atoms with Gasteiger partial charge in [0.2, 0.25) is 0 Å². The number of nitriles is 1. The van der Waals surface area contributed by atoms with Gasteiger partial charge < -0.3 is 0 Å². The van der Waals surface area contributed by atoms with Crippen molar-refractivity contribution in [3.8, 4) is 6.07 Å². The van der Waals surface area contributed by atoms with Crippen molar-refractivity contribution in [3.05, 3.63) is 69.7 Å². The van der Waals surface area contributed by atoms with Gasteiger partial charge >= 0.3 is 0 Å². The van der Waals surface area contributed by atoms with Crippen molar-refractivity contribution < 1.29 is 0 Å². The maximum absolute atomic E-state index is 9.56. The van der Waals surface area contributed by atoms with Gasteiger partial charge in [0.15, 0.2) is 0 Å². The Morgan fingerprint density at radius 3 is 1.75 bits per heavy atom. The monoisotopic (exact) mass is 303 g/mol. The molecule has 2 atom stereocenters. The number of rotatable bonds is 4. The van der Waals surface area contributed by atoms with Crippen LogP contribution in [-0.4, -0.2) is 0 Å². The summed E-state index contributed by atoms with van der Waals surface area (Å²) in [5, 5.41) is 11.0. The van der Waals surface area contributed by atoms with E-state index in [2.05, 4.69) is 13.0 Å². The van der Waals surface area contributed by atoms with Crippen molar-refractivity contribution in [2.75, 3.05) is 0 Å². The van der Waals surface area contributed by atoms with Gasteiger partial charge in [-0.2, -0.15) is 5.26 Å². The summed E-state index contributed by atoms with van der Waals surface area (Å²) in [5.41, 5.74) is 2.14. The Morgan fingerprint density at radius 2 is 1.35 bits per heavy atom. The van der Waals surface area contributed by atoms with Crippen LogP contribution in [0.25, 0.3) is 0 Å². The summed E-state index contributed by atoms with van der Waals surface area (Å²) in [5.74, 6) is -0.0307. The molecule has 0 saturated heterocycles. The van der Waals surface area contributed by atoms with Gasteiger partial charge in [0.05, 0.1) is 12.0 Å². The van der Waals surface area contributed by atoms with Gasteiger partial charge in [0.1, 0.15) is 0 Å². The molecule has 0 aliphatic heterocycles. The van der Waals surface area contributed by atoms with Crippen LogP contribution in [0.1, 0.15) is 36.3 Å². The minimum absolute atomic E-state index is 0.151. The van der Waals surface area contributed by atoms with Crippen LogP contribution in [0.3, 0.4) is 0 Å². The Balaban J connectivity index is 2.35. The molecule has 0 bridgehead atoms. The molecule has 2 rings (SSSR count). The van der Waals surface area contributed by atoms with E-state index >= 15 is 0 Å². The van der Waals surface area contributed by atoms with E-state index in [0.717, 1.165) is 17.5 Å². The summed E-state index contributed by atoms with van der Waals surface area (Å²) in [7, 11) is 0. The average molecular weight is 304 g/mol. The van der Waals surface area contributed by atoms with Crippen LogP contribution in [0.4, 0.5) is 0 Å². The van der Waals surface area contributed by atoms with E-state index < -0.39 is 0 Å². The zero-order chi connectivity index (χ0) is 14.5. The van der Waals surface area contributed by atoms with Gasteiger partial charge in [-0.05, 0) is 41.8 Å². The number of hydrogen-bond donors (Lipinski definition) is 0. The minimum atomic E-state index is -0.182. The highest BCUT2D eigenvalue weighted by Crippen LogP contribution is 2.35. The molecule has 0 aliphatic carbocycles. The molecule has 20 heavy (non-hydrogen) atoms.